The van der Waals surface area contributed by atoms with Crippen molar-refractivity contribution in [3.63, 3.8) is 0 Å². The van der Waals surface area contributed by atoms with E-state index in [2.05, 4.69) is 10.1 Å². The largest absolute Gasteiger partial charge is 0.469 e. The maximum absolute atomic E-state index is 12.9. The van der Waals surface area contributed by atoms with Gasteiger partial charge in [-0.2, -0.15) is 0 Å². The molecule has 0 aromatic carbocycles. The second kappa shape index (κ2) is 8.57. The second-order valence-corrected chi connectivity index (χ2v) is 5.72. The summed E-state index contributed by atoms with van der Waals surface area (Å²) in [6, 6.07) is 1.70. The van der Waals surface area contributed by atoms with E-state index in [-0.39, 0.29) is 18.4 Å². The third-order valence-electron chi connectivity index (χ3n) is 3.85. The van der Waals surface area contributed by atoms with Gasteiger partial charge in [0.2, 0.25) is 0 Å². The van der Waals surface area contributed by atoms with E-state index in [1.165, 1.54) is 13.3 Å². The highest BCUT2D eigenvalue weighted by Gasteiger charge is 2.23. The summed E-state index contributed by atoms with van der Waals surface area (Å²) in [5.74, 6) is -1.03. The van der Waals surface area contributed by atoms with Crippen LogP contribution in [0.4, 0.5) is 0 Å². The number of carbonyl (C=O) groups excluding carboxylic acids is 2. The average Bonchev–Trinajstić information content (AvgIpc) is 3.00. The molecule has 1 amide bonds. The lowest BCUT2D eigenvalue weighted by Gasteiger charge is -2.25. The molecular weight excluding hydrogens is 326 g/mol. The Hall–Kier alpha value is -2.48. The smallest absolute Gasteiger partial charge is 0.310 e. The van der Waals surface area contributed by atoms with Crippen LogP contribution in [0.25, 0.3) is 11.1 Å². The van der Waals surface area contributed by atoms with Crippen LogP contribution in [0.5, 0.6) is 0 Å². The number of pyridine rings is 1. The predicted octanol–water partition coefficient (Wildman–Crippen LogP) is 1.82. The van der Waals surface area contributed by atoms with Crippen molar-refractivity contribution in [2.75, 3.05) is 33.4 Å². The molecular formula is C17H23N3O5. The lowest BCUT2D eigenvalue weighted by Crippen LogP contribution is -2.39. The maximum atomic E-state index is 12.9. The first-order valence-electron chi connectivity index (χ1n) is 8.14. The molecule has 0 saturated carbocycles. The standard InChI is InChI=1S/C17H23N3O5/c1-5-24-7-6-20(10-11(2)17(22)23-4)16(21)13-8-14-12(3)19-25-15(14)18-9-13/h8-9,11H,5-7,10H2,1-4H3/t11-/m0/s1. The van der Waals surface area contributed by atoms with Gasteiger partial charge in [0.25, 0.3) is 11.6 Å². The first-order valence-corrected chi connectivity index (χ1v) is 8.14. The zero-order chi connectivity index (χ0) is 18.4. The van der Waals surface area contributed by atoms with Crippen molar-refractivity contribution in [2.24, 2.45) is 5.92 Å². The highest BCUT2D eigenvalue weighted by atomic mass is 16.5. The summed E-state index contributed by atoms with van der Waals surface area (Å²) in [6.07, 6.45) is 1.45. The number of hydrogen-bond donors (Lipinski definition) is 0. The van der Waals surface area contributed by atoms with Crippen molar-refractivity contribution < 1.29 is 23.6 Å². The van der Waals surface area contributed by atoms with Gasteiger partial charge < -0.3 is 18.9 Å². The number of aryl methyl sites for hydroxylation is 1. The van der Waals surface area contributed by atoms with E-state index in [1.54, 1.807) is 24.8 Å². The molecule has 0 unspecified atom stereocenters. The fourth-order valence-electron chi connectivity index (χ4n) is 2.45. The molecule has 2 aromatic rings. The van der Waals surface area contributed by atoms with Crippen molar-refractivity contribution in [1.82, 2.24) is 15.0 Å². The molecule has 1 atom stereocenters. The van der Waals surface area contributed by atoms with E-state index < -0.39 is 5.92 Å². The summed E-state index contributed by atoms with van der Waals surface area (Å²) in [7, 11) is 1.33. The van der Waals surface area contributed by atoms with E-state index in [9.17, 15) is 9.59 Å². The fraction of sp³-hybridized carbons (Fsp3) is 0.529. The zero-order valence-electron chi connectivity index (χ0n) is 14.9. The van der Waals surface area contributed by atoms with Crippen molar-refractivity contribution in [3.05, 3.63) is 23.5 Å². The Bertz CT molecular complexity index is 743. The van der Waals surface area contributed by atoms with Crippen molar-refractivity contribution in [2.45, 2.75) is 20.8 Å². The van der Waals surface area contributed by atoms with Gasteiger partial charge in [-0.15, -0.1) is 0 Å². The topological polar surface area (TPSA) is 94.8 Å². The normalized spacial score (nSPS) is 12.2. The van der Waals surface area contributed by atoms with Gasteiger partial charge in [-0.3, -0.25) is 9.59 Å². The molecule has 136 valence electrons. The number of rotatable bonds is 8. The molecule has 0 spiro atoms. The lowest BCUT2D eigenvalue weighted by molar-refractivity contribution is -0.145. The predicted molar refractivity (Wildman–Crippen MR) is 90.1 cm³/mol. The Morgan fingerprint density at radius 3 is 2.84 bits per heavy atom. The fourth-order valence-corrected chi connectivity index (χ4v) is 2.45. The Morgan fingerprint density at radius 1 is 1.40 bits per heavy atom. The first kappa shape index (κ1) is 18.9. The van der Waals surface area contributed by atoms with E-state index in [1.807, 2.05) is 6.92 Å². The molecule has 8 heteroatoms. The molecule has 0 fully saturated rings. The van der Waals surface area contributed by atoms with Crippen molar-refractivity contribution in [1.29, 1.82) is 0 Å². The van der Waals surface area contributed by atoms with Gasteiger partial charge in [0.05, 0.1) is 36.3 Å². The molecule has 0 N–H and O–H groups in total. The minimum absolute atomic E-state index is 0.231. The molecule has 8 nitrogen and oxygen atoms in total. The summed E-state index contributed by atoms with van der Waals surface area (Å²) in [5, 5.41) is 4.53. The molecule has 2 rings (SSSR count). The van der Waals surface area contributed by atoms with E-state index in [4.69, 9.17) is 14.0 Å². The minimum Gasteiger partial charge on any atom is -0.469 e. The van der Waals surface area contributed by atoms with Gasteiger partial charge in [0, 0.05) is 25.9 Å². The van der Waals surface area contributed by atoms with Crippen molar-refractivity contribution >= 4 is 23.0 Å². The van der Waals surface area contributed by atoms with Gasteiger partial charge >= 0.3 is 5.97 Å². The third kappa shape index (κ3) is 4.54. The van der Waals surface area contributed by atoms with Crippen molar-refractivity contribution in [3.8, 4) is 0 Å². The SMILES string of the molecule is CCOCCN(C[C@H](C)C(=O)OC)C(=O)c1cnc2onc(C)c2c1. The van der Waals surface area contributed by atoms with Gasteiger partial charge in [-0.05, 0) is 19.9 Å². The Morgan fingerprint density at radius 2 is 2.16 bits per heavy atom. The molecule has 25 heavy (non-hydrogen) atoms. The van der Waals surface area contributed by atoms with Crippen LogP contribution in [0.15, 0.2) is 16.8 Å². The summed E-state index contributed by atoms with van der Waals surface area (Å²) in [5.41, 5.74) is 1.46. The quantitative estimate of drug-likeness (QED) is 0.530. The number of hydrogen-bond acceptors (Lipinski definition) is 7. The average molecular weight is 349 g/mol. The van der Waals surface area contributed by atoms with Crippen LogP contribution >= 0.6 is 0 Å². The molecule has 2 heterocycles. The molecule has 0 bridgehead atoms. The zero-order valence-corrected chi connectivity index (χ0v) is 14.9. The van der Waals surface area contributed by atoms with Crippen LogP contribution in [0.3, 0.4) is 0 Å². The molecule has 0 saturated heterocycles. The number of fused-ring (bicyclic) bond motifs is 1. The van der Waals surface area contributed by atoms with Gasteiger partial charge in [0.15, 0.2) is 0 Å². The van der Waals surface area contributed by atoms with Crippen LogP contribution in [-0.4, -0.2) is 60.3 Å². The number of nitrogens with zero attached hydrogens (tertiary/aromatic N) is 3. The second-order valence-electron chi connectivity index (χ2n) is 5.72. The number of aromatic nitrogens is 2. The number of esters is 1. The Labute approximate surface area is 146 Å². The van der Waals surface area contributed by atoms with E-state index in [0.717, 1.165) is 0 Å². The van der Waals surface area contributed by atoms with E-state index >= 15 is 0 Å². The monoisotopic (exact) mass is 349 g/mol. The van der Waals surface area contributed by atoms with Crippen LogP contribution in [0, 0.1) is 12.8 Å². The number of amides is 1. The maximum Gasteiger partial charge on any atom is 0.310 e. The number of carbonyl (C=O) groups is 2. The summed E-state index contributed by atoms with van der Waals surface area (Å²) in [4.78, 5) is 30.3. The van der Waals surface area contributed by atoms with Gasteiger partial charge in [-0.1, -0.05) is 12.1 Å². The van der Waals surface area contributed by atoms with Crippen LogP contribution in [0.2, 0.25) is 0 Å². The highest BCUT2D eigenvalue weighted by Crippen LogP contribution is 2.18. The van der Waals surface area contributed by atoms with E-state index in [0.29, 0.717) is 42.1 Å². The summed E-state index contributed by atoms with van der Waals surface area (Å²) >= 11 is 0. The molecule has 0 aliphatic rings. The lowest BCUT2D eigenvalue weighted by atomic mass is 10.1. The summed E-state index contributed by atoms with van der Waals surface area (Å²) < 4.78 is 15.2. The van der Waals surface area contributed by atoms with Gasteiger partial charge in [-0.25, -0.2) is 4.98 Å². The minimum atomic E-state index is -0.440. The summed E-state index contributed by atoms with van der Waals surface area (Å²) in [6.45, 7) is 6.94. The number of methoxy groups -OCH3 is 1. The van der Waals surface area contributed by atoms with Crippen LogP contribution < -0.4 is 0 Å². The third-order valence-corrected chi connectivity index (χ3v) is 3.85. The first-order chi connectivity index (χ1) is 12.0. The molecule has 0 radical (unpaired) electrons. The van der Waals surface area contributed by atoms with Crippen LogP contribution in [-0.2, 0) is 14.3 Å². The highest BCUT2D eigenvalue weighted by molar-refractivity contribution is 5.97. The molecule has 0 aliphatic carbocycles. The Balaban J connectivity index is 2.21. The van der Waals surface area contributed by atoms with Crippen LogP contribution in [0.1, 0.15) is 29.9 Å². The number of ether oxygens (including phenoxy) is 2. The Kier molecular flexibility index (Phi) is 6.46. The van der Waals surface area contributed by atoms with Gasteiger partial charge in [0.1, 0.15) is 0 Å². The molecule has 2 aromatic heterocycles. The molecule has 0 aliphatic heterocycles.